The van der Waals surface area contributed by atoms with Crippen molar-refractivity contribution in [2.75, 3.05) is 12.4 Å². The Morgan fingerprint density at radius 3 is 3.20 bits per heavy atom. The number of hydrogen-bond donors (Lipinski definition) is 2. The van der Waals surface area contributed by atoms with Crippen LogP contribution in [0, 0.1) is 0 Å². The van der Waals surface area contributed by atoms with Crippen LogP contribution >= 0.6 is 0 Å². The summed E-state index contributed by atoms with van der Waals surface area (Å²) in [5.74, 6) is 0. The Bertz CT molecular complexity index is 207. The van der Waals surface area contributed by atoms with Gasteiger partial charge in [0.1, 0.15) is 0 Å². The fourth-order valence-corrected chi connectivity index (χ4v) is 0.488. The van der Waals surface area contributed by atoms with Crippen LogP contribution < -0.4 is 5.32 Å². The maximum atomic E-state index is 10.5. The first-order chi connectivity index (χ1) is 4.83. The number of nitrogens with one attached hydrogen (secondary N) is 2. The molecule has 0 atom stereocenters. The quantitative estimate of drug-likeness (QED) is 0.601. The van der Waals surface area contributed by atoms with Gasteiger partial charge in [-0.05, 0) is 0 Å². The summed E-state index contributed by atoms with van der Waals surface area (Å²) >= 11 is 0. The van der Waals surface area contributed by atoms with Gasteiger partial charge < -0.3 is 4.74 Å². The third-order valence-electron chi connectivity index (χ3n) is 0.930. The number of nitrogens with zero attached hydrogens (tertiary/aromatic N) is 1. The van der Waals surface area contributed by atoms with Gasteiger partial charge in [0, 0.05) is 6.20 Å². The first-order valence-electron chi connectivity index (χ1n) is 2.66. The molecule has 5 nitrogen and oxygen atoms in total. The van der Waals surface area contributed by atoms with Gasteiger partial charge in [0.25, 0.3) is 0 Å². The largest absolute Gasteiger partial charge is 0.453 e. The van der Waals surface area contributed by atoms with E-state index in [0.29, 0.717) is 5.69 Å². The molecule has 0 radical (unpaired) electrons. The number of anilines is 1. The van der Waals surface area contributed by atoms with E-state index in [-0.39, 0.29) is 0 Å². The van der Waals surface area contributed by atoms with Gasteiger partial charge in [0.2, 0.25) is 0 Å². The first kappa shape index (κ1) is 6.60. The number of carbonyl (C=O) groups excluding carboxylic acids is 1. The zero-order chi connectivity index (χ0) is 7.40. The molecule has 0 aliphatic heterocycles. The van der Waals surface area contributed by atoms with Gasteiger partial charge >= 0.3 is 6.09 Å². The number of ether oxygens (including phenoxy) is 1. The second kappa shape index (κ2) is 2.86. The smallest absolute Gasteiger partial charge is 0.411 e. The van der Waals surface area contributed by atoms with Crippen molar-refractivity contribution in [3.8, 4) is 0 Å². The molecule has 0 bridgehead atoms. The van der Waals surface area contributed by atoms with Crippen molar-refractivity contribution < 1.29 is 9.53 Å². The van der Waals surface area contributed by atoms with E-state index in [9.17, 15) is 4.79 Å². The molecule has 1 rings (SSSR count). The van der Waals surface area contributed by atoms with Crippen LogP contribution in [0.15, 0.2) is 12.4 Å². The number of carbonyl (C=O) groups is 1. The molecule has 0 spiro atoms. The molecule has 10 heavy (non-hydrogen) atoms. The Labute approximate surface area is 57.4 Å². The van der Waals surface area contributed by atoms with Crippen LogP contribution in [0.2, 0.25) is 0 Å². The zero-order valence-electron chi connectivity index (χ0n) is 5.42. The molecule has 54 valence electrons. The predicted octanol–water partition coefficient (Wildman–Crippen LogP) is 0.588. The number of rotatable bonds is 1. The summed E-state index contributed by atoms with van der Waals surface area (Å²) in [7, 11) is 1.30. The second-order valence-electron chi connectivity index (χ2n) is 1.60. The number of hydrogen-bond acceptors (Lipinski definition) is 3. The molecule has 5 heteroatoms. The minimum atomic E-state index is -0.499. The van der Waals surface area contributed by atoms with E-state index < -0.39 is 6.09 Å². The minimum Gasteiger partial charge on any atom is -0.453 e. The average molecular weight is 141 g/mol. The van der Waals surface area contributed by atoms with E-state index >= 15 is 0 Å². The Balaban J connectivity index is 2.48. The maximum absolute atomic E-state index is 10.5. The Morgan fingerprint density at radius 1 is 1.90 bits per heavy atom. The number of amides is 1. The summed E-state index contributed by atoms with van der Waals surface area (Å²) in [6.45, 7) is 0. The van der Waals surface area contributed by atoms with E-state index in [1.807, 2.05) is 0 Å². The van der Waals surface area contributed by atoms with Crippen LogP contribution in [0.25, 0.3) is 0 Å². The van der Waals surface area contributed by atoms with Crippen LogP contribution in [0.3, 0.4) is 0 Å². The Morgan fingerprint density at radius 2 is 2.70 bits per heavy atom. The van der Waals surface area contributed by atoms with Gasteiger partial charge in [-0.3, -0.25) is 10.4 Å². The molecular formula is C5H7N3O2. The molecule has 0 saturated carbocycles. The number of aromatic amines is 1. The average Bonchev–Trinajstić information content (AvgIpc) is 2.40. The molecule has 0 saturated heterocycles. The molecular weight excluding hydrogens is 134 g/mol. The summed E-state index contributed by atoms with van der Waals surface area (Å²) in [4.78, 5) is 10.5. The standard InChI is InChI=1S/C5H7N3O2/c1-10-5(9)8-4-2-6-7-3-4/h2-3H,1H3,(H,6,7)(H,8,9). The highest BCUT2D eigenvalue weighted by molar-refractivity contribution is 5.83. The molecule has 0 aliphatic rings. The predicted molar refractivity (Wildman–Crippen MR) is 34.6 cm³/mol. The van der Waals surface area contributed by atoms with Gasteiger partial charge in [0.15, 0.2) is 0 Å². The van der Waals surface area contributed by atoms with Gasteiger partial charge in [-0.2, -0.15) is 5.10 Å². The van der Waals surface area contributed by atoms with Crippen molar-refractivity contribution in [1.82, 2.24) is 10.2 Å². The number of aromatic nitrogens is 2. The highest BCUT2D eigenvalue weighted by atomic mass is 16.5. The Hall–Kier alpha value is -1.52. The SMILES string of the molecule is COC(=O)Nc1cn[nH]c1. The molecule has 1 aromatic heterocycles. The molecule has 1 amide bonds. The fraction of sp³-hybridized carbons (Fsp3) is 0.200. The highest BCUT2D eigenvalue weighted by Gasteiger charge is 1.98. The van der Waals surface area contributed by atoms with Crippen molar-refractivity contribution in [2.45, 2.75) is 0 Å². The highest BCUT2D eigenvalue weighted by Crippen LogP contribution is 2.00. The van der Waals surface area contributed by atoms with E-state index in [1.54, 1.807) is 6.20 Å². The van der Waals surface area contributed by atoms with Gasteiger partial charge in [-0.1, -0.05) is 0 Å². The molecule has 0 aromatic carbocycles. The van der Waals surface area contributed by atoms with E-state index in [4.69, 9.17) is 0 Å². The summed E-state index contributed by atoms with van der Waals surface area (Å²) in [5.41, 5.74) is 0.590. The summed E-state index contributed by atoms with van der Waals surface area (Å²) in [5, 5.41) is 8.57. The van der Waals surface area contributed by atoms with Crippen molar-refractivity contribution in [1.29, 1.82) is 0 Å². The van der Waals surface area contributed by atoms with Crippen molar-refractivity contribution in [3.63, 3.8) is 0 Å². The molecule has 0 aliphatic carbocycles. The zero-order valence-corrected chi connectivity index (χ0v) is 5.42. The fourth-order valence-electron chi connectivity index (χ4n) is 0.488. The monoisotopic (exact) mass is 141 g/mol. The molecule has 1 heterocycles. The molecule has 2 N–H and O–H groups in total. The molecule has 1 aromatic rings. The van der Waals surface area contributed by atoms with Crippen LogP contribution in [0.1, 0.15) is 0 Å². The van der Waals surface area contributed by atoms with Crippen LogP contribution in [0.5, 0.6) is 0 Å². The molecule has 0 unspecified atom stereocenters. The second-order valence-corrected chi connectivity index (χ2v) is 1.60. The summed E-state index contributed by atoms with van der Waals surface area (Å²) < 4.78 is 4.33. The lowest BCUT2D eigenvalue weighted by Gasteiger charge is -1.96. The lowest BCUT2D eigenvalue weighted by molar-refractivity contribution is 0.187. The minimum absolute atomic E-state index is 0.499. The first-order valence-corrected chi connectivity index (χ1v) is 2.66. The van der Waals surface area contributed by atoms with Crippen LogP contribution in [0.4, 0.5) is 10.5 Å². The topological polar surface area (TPSA) is 67.0 Å². The number of H-pyrrole nitrogens is 1. The third kappa shape index (κ3) is 1.48. The van der Waals surface area contributed by atoms with Crippen LogP contribution in [-0.4, -0.2) is 23.4 Å². The molecule has 0 fully saturated rings. The lowest BCUT2D eigenvalue weighted by Crippen LogP contribution is -2.09. The third-order valence-corrected chi connectivity index (χ3v) is 0.930. The van der Waals surface area contributed by atoms with Crippen molar-refractivity contribution in [2.24, 2.45) is 0 Å². The van der Waals surface area contributed by atoms with Crippen molar-refractivity contribution in [3.05, 3.63) is 12.4 Å². The van der Waals surface area contributed by atoms with E-state index in [1.165, 1.54) is 13.3 Å². The van der Waals surface area contributed by atoms with Gasteiger partial charge in [-0.15, -0.1) is 0 Å². The summed E-state index contributed by atoms with van der Waals surface area (Å²) in [6.07, 6.45) is 2.54. The van der Waals surface area contributed by atoms with Gasteiger partial charge in [0.05, 0.1) is 19.0 Å². The normalized spacial score (nSPS) is 8.90. The van der Waals surface area contributed by atoms with Crippen molar-refractivity contribution >= 4 is 11.8 Å². The lowest BCUT2D eigenvalue weighted by atomic mass is 10.6. The van der Waals surface area contributed by atoms with E-state index in [2.05, 4.69) is 20.3 Å². The number of methoxy groups -OCH3 is 1. The maximum Gasteiger partial charge on any atom is 0.411 e. The summed E-state index contributed by atoms with van der Waals surface area (Å²) in [6, 6.07) is 0. The Kier molecular flexibility index (Phi) is 1.89. The van der Waals surface area contributed by atoms with Gasteiger partial charge in [-0.25, -0.2) is 4.79 Å². The van der Waals surface area contributed by atoms with E-state index in [0.717, 1.165) is 0 Å². The van der Waals surface area contributed by atoms with Crippen LogP contribution in [-0.2, 0) is 4.74 Å².